The molecule has 0 aliphatic heterocycles. The van der Waals surface area contributed by atoms with Gasteiger partial charge in [0, 0.05) is 22.2 Å². The molecule has 0 spiro atoms. The second-order valence-corrected chi connectivity index (χ2v) is 13.2. The minimum Gasteiger partial charge on any atom is -0.488 e. The number of hydrogen-bond donors (Lipinski definition) is 1. The molecule has 41 heavy (non-hydrogen) atoms. The summed E-state index contributed by atoms with van der Waals surface area (Å²) in [5.41, 5.74) is 3.49. The zero-order valence-electron chi connectivity index (χ0n) is 21.9. The van der Waals surface area contributed by atoms with Gasteiger partial charge in [-0.15, -0.1) is 11.3 Å². The first kappa shape index (κ1) is 29.0. The van der Waals surface area contributed by atoms with Crippen LogP contribution in [0.25, 0.3) is 22.3 Å². The van der Waals surface area contributed by atoms with E-state index < -0.39 is 9.84 Å². The van der Waals surface area contributed by atoms with Crippen molar-refractivity contribution >= 4 is 59.5 Å². The molecule has 0 saturated carbocycles. The van der Waals surface area contributed by atoms with Gasteiger partial charge in [-0.05, 0) is 57.9 Å². The molecule has 212 valence electrons. The van der Waals surface area contributed by atoms with Crippen molar-refractivity contribution < 1.29 is 22.3 Å². The molecule has 3 aromatic heterocycles. The number of thiazole rings is 1. The van der Waals surface area contributed by atoms with Crippen molar-refractivity contribution in [3.8, 4) is 17.1 Å². The Hall–Kier alpha value is -3.52. The van der Waals surface area contributed by atoms with E-state index in [1.54, 1.807) is 25.3 Å². The van der Waals surface area contributed by atoms with E-state index in [1.165, 1.54) is 29.8 Å². The van der Waals surface area contributed by atoms with Crippen molar-refractivity contribution in [2.24, 2.45) is 0 Å². The first-order valence-corrected chi connectivity index (χ1v) is 16.1. The van der Waals surface area contributed by atoms with E-state index in [1.807, 2.05) is 29.6 Å². The van der Waals surface area contributed by atoms with Gasteiger partial charge < -0.3 is 14.8 Å². The van der Waals surface area contributed by atoms with Crippen LogP contribution in [0.4, 0.5) is 15.9 Å². The fourth-order valence-corrected chi connectivity index (χ4v) is 5.68. The lowest BCUT2D eigenvalue weighted by Gasteiger charge is -2.12. The predicted molar refractivity (Wildman–Crippen MR) is 161 cm³/mol. The third kappa shape index (κ3) is 7.61. The fourth-order valence-electron chi connectivity index (χ4n) is 3.80. The summed E-state index contributed by atoms with van der Waals surface area (Å²) >= 11 is 4.97. The minimum atomic E-state index is -3.07. The summed E-state index contributed by atoms with van der Waals surface area (Å²) in [6.07, 6.45) is 3.14. The average Bonchev–Trinajstić information content (AvgIpc) is 3.44. The molecular weight excluding hydrogens is 633 g/mol. The summed E-state index contributed by atoms with van der Waals surface area (Å²) in [6, 6.07) is 13.7. The van der Waals surface area contributed by atoms with Crippen molar-refractivity contribution in [3.05, 3.63) is 87.3 Å². The minimum absolute atomic E-state index is 0.00895. The van der Waals surface area contributed by atoms with Crippen LogP contribution in [0.15, 0.2) is 70.9 Å². The SMILES string of the molecule is CCS(=O)(=O)CCOCc1nc(-c2cc3c(Nc4ccc(OCc5cccc(F)c5)c(Br)c4)ncnc3cn2)cs1. The van der Waals surface area contributed by atoms with Gasteiger partial charge in [-0.3, -0.25) is 4.98 Å². The van der Waals surface area contributed by atoms with Crippen molar-refractivity contribution in [1.82, 2.24) is 19.9 Å². The van der Waals surface area contributed by atoms with Crippen LogP contribution >= 0.6 is 27.3 Å². The largest absolute Gasteiger partial charge is 0.488 e. The molecular formula is C28H25BrFN5O4S2. The lowest BCUT2D eigenvalue weighted by atomic mass is 10.2. The number of pyridine rings is 1. The van der Waals surface area contributed by atoms with Gasteiger partial charge in [-0.2, -0.15) is 0 Å². The van der Waals surface area contributed by atoms with Crippen LogP contribution in [0.1, 0.15) is 17.5 Å². The van der Waals surface area contributed by atoms with E-state index in [4.69, 9.17) is 9.47 Å². The number of hydrogen-bond acceptors (Lipinski definition) is 10. The van der Waals surface area contributed by atoms with Gasteiger partial charge in [0.05, 0.1) is 46.5 Å². The molecule has 13 heteroatoms. The molecule has 5 rings (SSSR count). The van der Waals surface area contributed by atoms with Crippen LogP contribution in [0.3, 0.4) is 0 Å². The number of fused-ring (bicyclic) bond motifs is 1. The van der Waals surface area contributed by atoms with Crippen LogP contribution in [0.2, 0.25) is 0 Å². The predicted octanol–water partition coefficient (Wildman–Crippen LogP) is 6.32. The number of halogens is 2. The zero-order valence-corrected chi connectivity index (χ0v) is 25.1. The molecule has 9 nitrogen and oxygen atoms in total. The monoisotopic (exact) mass is 657 g/mol. The summed E-state index contributed by atoms with van der Waals surface area (Å²) in [4.78, 5) is 17.9. The van der Waals surface area contributed by atoms with E-state index in [2.05, 4.69) is 41.2 Å². The summed E-state index contributed by atoms with van der Waals surface area (Å²) in [7, 11) is -3.07. The number of nitrogens with zero attached hydrogens (tertiary/aromatic N) is 4. The normalized spacial score (nSPS) is 11.6. The molecule has 5 aromatic rings. The Kier molecular flexibility index (Phi) is 9.18. The Balaban J connectivity index is 1.28. The molecule has 0 radical (unpaired) electrons. The van der Waals surface area contributed by atoms with Crippen LogP contribution < -0.4 is 10.1 Å². The van der Waals surface area contributed by atoms with Crippen LogP contribution in [-0.4, -0.2) is 46.5 Å². The molecule has 0 saturated heterocycles. The van der Waals surface area contributed by atoms with Gasteiger partial charge in [-0.25, -0.2) is 27.8 Å². The summed E-state index contributed by atoms with van der Waals surface area (Å²) in [5, 5.41) is 6.70. The quantitative estimate of drug-likeness (QED) is 0.154. The van der Waals surface area contributed by atoms with Crippen molar-refractivity contribution in [2.45, 2.75) is 20.1 Å². The van der Waals surface area contributed by atoms with Crippen LogP contribution in [-0.2, 0) is 27.8 Å². The lowest BCUT2D eigenvalue weighted by Crippen LogP contribution is -2.13. The second kappa shape index (κ2) is 13.0. The van der Waals surface area contributed by atoms with Gasteiger partial charge >= 0.3 is 0 Å². The number of rotatable bonds is 12. The molecule has 0 unspecified atom stereocenters. The topological polar surface area (TPSA) is 116 Å². The van der Waals surface area contributed by atoms with Crippen molar-refractivity contribution in [1.29, 1.82) is 0 Å². The van der Waals surface area contributed by atoms with Crippen LogP contribution in [0, 0.1) is 5.82 Å². The number of anilines is 2. The standard InChI is InChI=1S/C28H25BrFN5O4S2/c1-2-41(36,37)9-8-38-15-27-35-25(16-40-27)23-12-21-24(13-31-23)32-17-33-28(21)34-20-6-7-26(22(29)11-20)39-14-18-4-3-5-19(30)10-18/h3-7,10-13,16-17H,2,8-9,14-15H2,1H3,(H,32,33,34). The molecule has 0 atom stereocenters. The Labute approximate surface area is 248 Å². The number of benzene rings is 2. The maximum Gasteiger partial charge on any atom is 0.152 e. The van der Waals surface area contributed by atoms with E-state index in [0.29, 0.717) is 28.5 Å². The van der Waals surface area contributed by atoms with E-state index in [-0.39, 0.29) is 37.1 Å². The summed E-state index contributed by atoms with van der Waals surface area (Å²) in [6.45, 7) is 2.21. The molecule has 0 aliphatic carbocycles. The van der Waals surface area contributed by atoms with Crippen molar-refractivity contribution in [3.63, 3.8) is 0 Å². The number of ether oxygens (including phenoxy) is 2. The summed E-state index contributed by atoms with van der Waals surface area (Å²) in [5.74, 6) is 0.997. The Morgan fingerprint density at radius 3 is 2.73 bits per heavy atom. The van der Waals surface area contributed by atoms with Gasteiger partial charge in [0.15, 0.2) is 9.84 Å². The highest BCUT2D eigenvalue weighted by molar-refractivity contribution is 9.10. The maximum absolute atomic E-state index is 13.5. The smallest absolute Gasteiger partial charge is 0.152 e. The third-order valence-corrected chi connectivity index (χ3v) is 9.13. The Morgan fingerprint density at radius 1 is 1.05 bits per heavy atom. The highest BCUT2D eigenvalue weighted by Gasteiger charge is 2.13. The zero-order chi connectivity index (χ0) is 28.8. The van der Waals surface area contributed by atoms with Crippen molar-refractivity contribution in [2.75, 3.05) is 23.4 Å². The first-order chi connectivity index (χ1) is 19.8. The molecule has 0 amide bonds. The molecule has 0 aliphatic rings. The van der Waals surface area contributed by atoms with Gasteiger partial charge in [0.1, 0.15) is 35.3 Å². The first-order valence-electron chi connectivity index (χ1n) is 12.6. The maximum atomic E-state index is 13.5. The fraction of sp³-hybridized carbons (Fsp3) is 0.214. The molecule has 3 heterocycles. The van der Waals surface area contributed by atoms with E-state index in [9.17, 15) is 12.8 Å². The highest BCUT2D eigenvalue weighted by Crippen LogP contribution is 2.32. The third-order valence-electron chi connectivity index (χ3n) is 6.02. The van der Waals surface area contributed by atoms with Gasteiger partial charge in [-0.1, -0.05) is 19.1 Å². The summed E-state index contributed by atoms with van der Waals surface area (Å²) < 4.78 is 48.8. The Bertz CT molecular complexity index is 1780. The van der Waals surface area contributed by atoms with Gasteiger partial charge in [0.2, 0.25) is 0 Å². The Morgan fingerprint density at radius 2 is 1.93 bits per heavy atom. The van der Waals surface area contributed by atoms with E-state index in [0.717, 1.165) is 26.1 Å². The average molecular weight is 659 g/mol. The highest BCUT2D eigenvalue weighted by atomic mass is 79.9. The second-order valence-electron chi connectivity index (χ2n) is 8.91. The van der Waals surface area contributed by atoms with Crippen LogP contribution in [0.5, 0.6) is 5.75 Å². The lowest BCUT2D eigenvalue weighted by molar-refractivity contribution is 0.135. The van der Waals surface area contributed by atoms with Gasteiger partial charge in [0.25, 0.3) is 0 Å². The molecule has 0 bridgehead atoms. The molecule has 0 fully saturated rings. The number of nitrogens with one attached hydrogen (secondary N) is 1. The molecule has 2 aromatic carbocycles. The number of sulfone groups is 1. The molecule has 1 N–H and O–H groups in total. The van der Waals surface area contributed by atoms with E-state index >= 15 is 0 Å². The number of aromatic nitrogens is 4.